The number of hydrogen-bond acceptors (Lipinski definition) is 4. The molecule has 0 atom stereocenters. The molecule has 0 saturated heterocycles. The van der Waals surface area contributed by atoms with Gasteiger partial charge in [0.15, 0.2) is 5.76 Å². The van der Waals surface area contributed by atoms with Gasteiger partial charge in [-0.1, -0.05) is 24.4 Å². The molecule has 144 valence electrons. The molecule has 1 aromatic carbocycles. The summed E-state index contributed by atoms with van der Waals surface area (Å²) >= 11 is 5.86. The second kappa shape index (κ2) is 10.5. The van der Waals surface area contributed by atoms with Crippen molar-refractivity contribution >= 4 is 29.2 Å². The van der Waals surface area contributed by atoms with E-state index in [4.69, 9.17) is 16.0 Å². The first-order valence-electron chi connectivity index (χ1n) is 8.90. The predicted octanol–water partition coefficient (Wildman–Crippen LogP) is 3.60. The van der Waals surface area contributed by atoms with Crippen molar-refractivity contribution < 1.29 is 18.8 Å². The Morgan fingerprint density at radius 1 is 0.963 bits per heavy atom. The Labute approximate surface area is 163 Å². The van der Waals surface area contributed by atoms with Crippen LogP contribution < -0.4 is 10.6 Å². The molecule has 0 aliphatic rings. The van der Waals surface area contributed by atoms with Crippen molar-refractivity contribution in [2.24, 2.45) is 0 Å². The van der Waals surface area contributed by atoms with Gasteiger partial charge in [0, 0.05) is 30.6 Å². The van der Waals surface area contributed by atoms with Gasteiger partial charge in [0.05, 0.1) is 0 Å². The van der Waals surface area contributed by atoms with Gasteiger partial charge in [0.2, 0.25) is 5.78 Å². The smallest absolute Gasteiger partial charge is 0.287 e. The summed E-state index contributed by atoms with van der Waals surface area (Å²) in [6, 6.07) is 10.6. The van der Waals surface area contributed by atoms with E-state index in [2.05, 4.69) is 10.6 Å². The molecule has 0 aliphatic heterocycles. The predicted molar refractivity (Wildman–Crippen MR) is 104 cm³/mol. The second-order valence-corrected chi connectivity index (χ2v) is 6.53. The number of nitrogens with one attached hydrogen (secondary N) is 2. The molecule has 1 heterocycles. The molecular weight excluding hydrogens is 368 g/mol. The molecule has 2 N–H and O–H groups in total. The number of likely N-dealkylation sites (N-methyl/N-ethyl adjacent to an activating group) is 1. The number of unbranched alkanes of at least 4 members (excludes halogenated alkanes) is 3. The van der Waals surface area contributed by atoms with Crippen LogP contribution in [-0.4, -0.2) is 31.2 Å². The van der Waals surface area contributed by atoms with E-state index in [1.165, 1.54) is 7.05 Å². The number of benzene rings is 1. The number of carbonyl (C=O) groups is 3. The third-order valence-corrected chi connectivity index (χ3v) is 4.31. The van der Waals surface area contributed by atoms with E-state index in [1.807, 2.05) is 12.1 Å². The van der Waals surface area contributed by atoms with Crippen LogP contribution in [0.5, 0.6) is 0 Å². The summed E-state index contributed by atoms with van der Waals surface area (Å²) in [5.74, 6) is -0.322. The summed E-state index contributed by atoms with van der Waals surface area (Å²) in [5, 5.41) is 5.77. The molecule has 7 heteroatoms. The van der Waals surface area contributed by atoms with Gasteiger partial charge in [0.25, 0.3) is 11.8 Å². The molecule has 0 unspecified atom stereocenters. The van der Waals surface area contributed by atoms with Crippen molar-refractivity contribution in [3.8, 4) is 11.3 Å². The van der Waals surface area contributed by atoms with Crippen LogP contribution in [0.3, 0.4) is 0 Å². The average molecular weight is 391 g/mol. The zero-order chi connectivity index (χ0) is 19.6. The van der Waals surface area contributed by atoms with Gasteiger partial charge in [-0.25, -0.2) is 0 Å². The standard InChI is InChI=1S/C20H23ClN2O4/c1-22-19(25)16(24)6-4-2-3-5-13-23-20(26)18-12-11-17(27-18)14-7-9-15(21)10-8-14/h7-12H,2-6,13H2,1H3,(H,22,25)(H,23,26). The van der Waals surface area contributed by atoms with Crippen molar-refractivity contribution in [3.05, 3.63) is 47.2 Å². The minimum Gasteiger partial charge on any atom is -0.451 e. The molecule has 27 heavy (non-hydrogen) atoms. The normalized spacial score (nSPS) is 10.4. The zero-order valence-electron chi connectivity index (χ0n) is 15.2. The van der Waals surface area contributed by atoms with Crippen LogP contribution in [0.1, 0.15) is 42.7 Å². The number of halogens is 1. The van der Waals surface area contributed by atoms with Crippen molar-refractivity contribution in [2.45, 2.75) is 32.1 Å². The molecule has 6 nitrogen and oxygen atoms in total. The quantitative estimate of drug-likeness (QED) is 0.479. The number of hydrogen-bond donors (Lipinski definition) is 2. The highest BCUT2D eigenvalue weighted by Gasteiger charge is 2.12. The summed E-state index contributed by atoms with van der Waals surface area (Å²) in [5.41, 5.74) is 0.852. The van der Waals surface area contributed by atoms with Crippen LogP contribution in [-0.2, 0) is 9.59 Å². The molecule has 0 bridgehead atoms. The van der Waals surface area contributed by atoms with Crippen LogP contribution in [0.25, 0.3) is 11.3 Å². The fourth-order valence-electron chi connectivity index (χ4n) is 2.54. The summed E-state index contributed by atoms with van der Waals surface area (Å²) in [7, 11) is 1.44. The highest BCUT2D eigenvalue weighted by atomic mass is 35.5. The van der Waals surface area contributed by atoms with Crippen molar-refractivity contribution in [3.63, 3.8) is 0 Å². The van der Waals surface area contributed by atoms with E-state index in [0.717, 1.165) is 24.8 Å². The molecule has 2 amide bonds. The maximum atomic E-state index is 12.1. The number of carbonyl (C=O) groups excluding carboxylic acids is 3. The van der Waals surface area contributed by atoms with Gasteiger partial charge >= 0.3 is 0 Å². The largest absolute Gasteiger partial charge is 0.451 e. The minimum absolute atomic E-state index is 0.256. The maximum Gasteiger partial charge on any atom is 0.287 e. The molecule has 2 aromatic rings. The zero-order valence-corrected chi connectivity index (χ0v) is 16.0. The summed E-state index contributed by atoms with van der Waals surface area (Å²) in [4.78, 5) is 34.5. The average Bonchev–Trinajstić information content (AvgIpc) is 3.17. The van der Waals surface area contributed by atoms with Gasteiger partial charge < -0.3 is 15.1 Å². The van der Waals surface area contributed by atoms with Gasteiger partial charge in [-0.15, -0.1) is 0 Å². The number of amides is 2. The maximum absolute atomic E-state index is 12.1. The van der Waals surface area contributed by atoms with Crippen molar-refractivity contribution in [1.82, 2.24) is 10.6 Å². The molecule has 0 saturated carbocycles. The Morgan fingerprint density at radius 3 is 2.37 bits per heavy atom. The first kappa shape index (κ1) is 20.7. The first-order chi connectivity index (χ1) is 13.0. The Morgan fingerprint density at radius 2 is 1.67 bits per heavy atom. The molecule has 2 rings (SSSR count). The third-order valence-electron chi connectivity index (χ3n) is 4.06. The highest BCUT2D eigenvalue weighted by Crippen LogP contribution is 2.23. The number of ketones is 1. The monoisotopic (exact) mass is 390 g/mol. The first-order valence-corrected chi connectivity index (χ1v) is 9.28. The number of Topliss-reactive ketones (excluding diaryl/α,β-unsaturated/α-hetero) is 1. The molecule has 0 spiro atoms. The SMILES string of the molecule is CNC(=O)C(=O)CCCCCCNC(=O)c1ccc(-c2ccc(Cl)cc2)o1. The van der Waals surface area contributed by atoms with E-state index in [9.17, 15) is 14.4 Å². The van der Waals surface area contributed by atoms with Gasteiger partial charge in [-0.3, -0.25) is 14.4 Å². The molecule has 0 aliphatic carbocycles. The summed E-state index contributed by atoms with van der Waals surface area (Å²) in [6.07, 6.45) is 3.43. The van der Waals surface area contributed by atoms with Gasteiger partial charge in [0.1, 0.15) is 5.76 Å². The van der Waals surface area contributed by atoms with Crippen LogP contribution in [0.15, 0.2) is 40.8 Å². The Balaban J connectivity index is 1.66. The molecule has 0 radical (unpaired) electrons. The van der Waals surface area contributed by atoms with E-state index < -0.39 is 5.91 Å². The molecule has 1 aromatic heterocycles. The lowest BCUT2D eigenvalue weighted by Gasteiger charge is -2.04. The van der Waals surface area contributed by atoms with E-state index >= 15 is 0 Å². The summed E-state index contributed by atoms with van der Waals surface area (Å²) in [6.45, 7) is 0.527. The minimum atomic E-state index is -0.543. The lowest BCUT2D eigenvalue weighted by Crippen LogP contribution is -2.27. The van der Waals surface area contributed by atoms with E-state index in [0.29, 0.717) is 23.7 Å². The summed E-state index contributed by atoms with van der Waals surface area (Å²) < 4.78 is 5.60. The molecule has 0 fully saturated rings. The van der Waals surface area contributed by atoms with Crippen molar-refractivity contribution in [1.29, 1.82) is 0 Å². The Kier molecular flexibility index (Phi) is 8.07. The Bertz CT molecular complexity index is 784. The van der Waals surface area contributed by atoms with Crippen LogP contribution in [0, 0.1) is 0 Å². The molecular formula is C20H23ClN2O4. The fraction of sp³-hybridized carbons (Fsp3) is 0.350. The van der Waals surface area contributed by atoms with Crippen LogP contribution >= 0.6 is 11.6 Å². The second-order valence-electron chi connectivity index (χ2n) is 6.09. The van der Waals surface area contributed by atoms with E-state index in [1.54, 1.807) is 24.3 Å². The van der Waals surface area contributed by atoms with Crippen LogP contribution in [0.2, 0.25) is 5.02 Å². The number of furan rings is 1. The number of rotatable bonds is 10. The van der Waals surface area contributed by atoms with Gasteiger partial charge in [-0.2, -0.15) is 0 Å². The lowest BCUT2D eigenvalue weighted by molar-refractivity contribution is -0.137. The highest BCUT2D eigenvalue weighted by molar-refractivity contribution is 6.36. The van der Waals surface area contributed by atoms with Gasteiger partial charge in [-0.05, 0) is 49.2 Å². The lowest BCUT2D eigenvalue weighted by atomic mass is 10.1. The van der Waals surface area contributed by atoms with Crippen LogP contribution in [0.4, 0.5) is 0 Å². The van der Waals surface area contributed by atoms with E-state index in [-0.39, 0.29) is 23.9 Å². The third kappa shape index (κ3) is 6.57. The Hall–Kier alpha value is -2.60. The fourth-order valence-corrected chi connectivity index (χ4v) is 2.66. The topological polar surface area (TPSA) is 88.4 Å². The van der Waals surface area contributed by atoms with Crippen molar-refractivity contribution in [2.75, 3.05) is 13.6 Å².